The van der Waals surface area contributed by atoms with Crippen molar-refractivity contribution in [2.75, 3.05) is 13.6 Å². The Bertz CT molecular complexity index is 502. The van der Waals surface area contributed by atoms with Crippen LogP contribution in [-0.4, -0.2) is 29.6 Å². The maximum absolute atomic E-state index is 10.7. The molecule has 1 aromatic carbocycles. The van der Waals surface area contributed by atoms with Crippen LogP contribution in [0.25, 0.3) is 10.1 Å². The van der Waals surface area contributed by atoms with Crippen molar-refractivity contribution in [3.63, 3.8) is 0 Å². The van der Waals surface area contributed by atoms with E-state index in [1.54, 1.807) is 11.3 Å². The number of carbonyl (C=O) groups is 1. The van der Waals surface area contributed by atoms with Gasteiger partial charge in [-0.1, -0.05) is 18.2 Å². The summed E-state index contributed by atoms with van der Waals surface area (Å²) in [6.07, 6.45) is 0. The van der Waals surface area contributed by atoms with Gasteiger partial charge >= 0.3 is 5.97 Å². The van der Waals surface area contributed by atoms with Gasteiger partial charge in [0.1, 0.15) is 0 Å². The van der Waals surface area contributed by atoms with E-state index in [0.717, 1.165) is 0 Å². The molecule has 2 aromatic rings. The highest BCUT2D eigenvalue weighted by Gasteiger charge is 2.16. The van der Waals surface area contributed by atoms with Gasteiger partial charge in [-0.15, -0.1) is 11.3 Å². The molecule has 0 amide bonds. The molecule has 0 saturated heterocycles. The lowest BCUT2D eigenvalue weighted by molar-refractivity contribution is -0.138. The van der Waals surface area contributed by atoms with Gasteiger partial charge in [0.05, 0.1) is 6.54 Å². The molecule has 0 bridgehead atoms. The van der Waals surface area contributed by atoms with E-state index in [4.69, 9.17) is 5.11 Å². The number of carboxylic acid groups (broad SMARTS) is 1. The first-order valence-electron chi connectivity index (χ1n) is 5.48. The van der Waals surface area contributed by atoms with Crippen LogP contribution in [0.5, 0.6) is 0 Å². The van der Waals surface area contributed by atoms with E-state index >= 15 is 0 Å². The summed E-state index contributed by atoms with van der Waals surface area (Å²) >= 11 is 1.73. The molecule has 0 aliphatic heterocycles. The smallest absolute Gasteiger partial charge is 0.317 e. The molecule has 2 rings (SSSR count). The molecule has 3 nitrogen and oxygen atoms in total. The van der Waals surface area contributed by atoms with E-state index in [0.29, 0.717) is 0 Å². The van der Waals surface area contributed by atoms with Crippen molar-refractivity contribution in [3.05, 3.63) is 35.2 Å². The molecular formula is C13H15NO2S. The summed E-state index contributed by atoms with van der Waals surface area (Å²) in [4.78, 5) is 13.7. The second kappa shape index (κ2) is 4.85. The minimum absolute atomic E-state index is 0.0649. The van der Waals surface area contributed by atoms with Crippen molar-refractivity contribution in [1.82, 2.24) is 4.90 Å². The van der Waals surface area contributed by atoms with Crippen LogP contribution >= 0.6 is 11.3 Å². The van der Waals surface area contributed by atoms with Gasteiger partial charge in [0.25, 0.3) is 0 Å². The van der Waals surface area contributed by atoms with Gasteiger partial charge in [0.15, 0.2) is 0 Å². The molecule has 0 aliphatic rings. The number of benzene rings is 1. The maximum atomic E-state index is 10.7. The molecule has 1 unspecified atom stereocenters. The van der Waals surface area contributed by atoms with Gasteiger partial charge in [-0.2, -0.15) is 0 Å². The summed E-state index contributed by atoms with van der Waals surface area (Å²) in [5.74, 6) is -0.791. The summed E-state index contributed by atoms with van der Waals surface area (Å²) in [5, 5.41) is 10.0. The lowest BCUT2D eigenvalue weighted by atomic mass is 10.2. The van der Waals surface area contributed by atoms with Crippen molar-refractivity contribution in [2.24, 2.45) is 0 Å². The number of aliphatic carboxylic acids is 1. The van der Waals surface area contributed by atoms with Crippen molar-refractivity contribution in [2.45, 2.75) is 13.0 Å². The molecular weight excluding hydrogens is 234 g/mol. The molecule has 1 N–H and O–H groups in total. The molecule has 1 aromatic heterocycles. The zero-order valence-electron chi connectivity index (χ0n) is 9.88. The van der Waals surface area contributed by atoms with Gasteiger partial charge in [-0.3, -0.25) is 9.69 Å². The normalized spacial score (nSPS) is 13.1. The number of fused-ring (bicyclic) bond motifs is 1. The second-order valence-corrected chi connectivity index (χ2v) is 5.29. The van der Waals surface area contributed by atoms with E-state index in [9.17, 15) is 4.79 Å². The van der Waals surface area contributed by atoms with E-state index in [2.05, 4.69) is 18.2 Å². The fourth-order valence-electron chi connectivity index (χ4n) is 1.78. The Balaban J connectivity index is 2.24. The lowest BCUT2D eigenvalue weighted by Gasteiger charge is -2.21. The minimum Gasteiger partial charge on any atom is -0.480 e. The van der Waals surface area contributed by atoms with Crippen LogP contribution in [0.15, 0.2) is 30.3 Å². The van der Waals surface area contributed by atoms with Crippen LogP contribution in [0.4, 0.5) is 0 Å². The first-order valence-corrected chi connectivity index (χ1v) is 6.30. The molecule has 0 fully saturated rings. The second-order valence-electron chi connectivity index (χ2n) is 4.17. The number of hydrogen-bond donors (Lipinski definition) is 1. The molecule has 1 atom stereocenters. The number of thiophene rings is 1. The van der Waals surface area contributed by atoms with Crippen LogP contribution in [0.3, 0.4) is 0 Å². The Morgan fingerprint density at radius 1 is 1.47 bits per heavy atom. The monoisotopic (exact) mass is 249 g/mol. The zero-order valence-corrected chi connectivity index (χ0v) is 10.7. The third-order valence-corrected chi connectivity index (χ3v) is 4.19. The van der Waals surface area contributed by atoms with Crippen molar-refractivity contribution >= 4 is 27.4 Å². The van der Waals surface area contributed by atoms with Crippen LogP contribution in [0.2, 0.25) is 0 Å². The fourth-order valence-corrected chi connectivity index (χ4v) is 2.96. The summed E-state index contributed by atoms with van der Waals surface area (Å²) in [6.45, 7) is 2.10. The fraction of sp³-hybridized carbons (Fsp3) is 0.308. The quantitative estimate of drug-likeness (QED) is 0.905. The highest BCUT2D eigenvalue weighted by molar-refractivity contribution is 7.19. The van der Waals surface area contributed by atoms with Crippen molar-refractivity contribution in [1.29, 1.82) is 0 Å². The standard InChI is InChI=1S/C13H15NO2S/c1-9(14(2)8-13(15)16)12-7-10-5-3-4-6-11(10)17-12/h3-7,9H,8H2,1-2H3,(H,15,16). The highest BCUT2D eigenvalue weighted by Crippen LogP contribution is 2.31. The summed E-state index contributed by atoms with van der Waals surface area (Å²) < 4.78 is 1.25. The van der Waals surface area contributed by atoms with Crippen molar-refractivity contribution < 1.29 is 9.90 Å². The van der Waals surface area contributed by atoms with Gasteiger partial charge in [-0.25, -0.2) is 0 Å². The van der Waals surface area contributed by atoms with Gasteiger partial charge in [-0.05, 0) is 31.5 Å². The first kappa shape index (κ1) is 12.1. The lowest BCUT2D eigenvalue weighted by Crippen LogP contribution is -2.27. The first-order chi connectivity index (χ1) is 8.08. The molecule has 90 valence electrons. The van der Waals surface area contributed by atoms with E-state index < -0.39 is 5.97 Å². The predicted molar refractivity (Wildman–Crippen MR) is 70.5 cm³/mol. The Morgan fingerprint density at radius 3 is 2.82 bits per heavy atom. The van der Waals surface area contributed by atoms with Gasteiger partial charge < -0.3 is 5.11 Å². The molecule has 0 radical (unpaired) electrons. The SMILES string of the molecule is CC(c1cc2ccccc2s1)N(C)CC(=O)O. The zero-order chi connectivity index (χ0) is 12.4. The Kier molecular flexibility index (Phi) is 3.45. The van der Waals surface area contributed by atoms with E-state index in [1.165, 1.54) is 15.0 Å². The van der Waals surface area contributed by atoms with Crippen LogP contribution in [0.1, 0.15) is 17.8 Å². The topological polar surface area (TPSA) is 40.5 Å². The van der Waals surface area contributed by atoms with Gasteiger partial charge in [0, 0.05) is 15.6 Å². The average Bonchev–Trinajstić information content (AvgIpc) is 2.70. The molecule has 0 saturated carbocycles. The largest absolute Gasteiger partial charge is 0.480 e. The minimum atomic E-state index is -0.791. The molecule has 0 spiro atoms. The van der Waals surface area contributed by atoms with E-state index in [1.807, 2.05) is 31.0 Å². The highest BCUT2D eigenvalue weighted by atomic mass is 32.1. The molecule has 4 heteroatoms. The number of rotatable bonds is 4. The van der Waals surface area contributed by atoms with Crippen LogP contribution < -0.4 is 0 Å². The van der Waals surface area contributed by atoms with Crippen LogP contribution in [-0.2, 0) is 4.79 Å². The third kappa shape index (κ3) is 2.65. The Labute approximate surface area is 104 Å². The predicted octanol–water partition coefficient (Wildman–Crippen LogP) is 2.98. The third-order valence-electron chi connectivity index (χ3n) is 2.90. The maximum Gasteiger partial charge on any atom is 0.317 e. The molecule has 17 heavy (non-hydrogen) atoms. The van der Waals surface area contributed by atoms with Gasteiger partial charge in [0.2, 0.25) is 0 Å². The summed E-state index contributed by atoms with van der Waals surface area (Å²) in [7, 11) is 1.84. The average molecular weight is 249 g/mol. The number of hydrogen-bond acceptors (Lipinski definition) is 3. The summed E-state index contributed by atoms with van der Waals surface area (Å²) in [6, 6.07) is 10.5. The number of nitrogens with zero attached hydrogens (tertiary/aromatic N) is 1. The Morgan fingerprint density at radius 2 is 2.18 bits per heavy atom. The van der Waals surface area contributed by atoms with E-state index in [-0.39, 0.29) is 12.6 Å². The Hall–Kier alpha value is -1.39. The number of likely N-dealkylation sites (N-methyl/N-ethyl adjacent to an activating group) is 1. The summed E-state index contributed by atoms with van der Waals surface area (Å²) in [5.41, 5.74) is 0. The molecule has 0 aliphatic carbocycles. The van der Waals surface area contributed by atoms with Crippen molar-refractivity contribution in [3.8, 4) is 0 Å². The molecule has 1 heterocycles. The number of carboxylic acids is 1. The van der Waals surface area contributed by atoms with Crippen LogP contribution in [0, 0.1) is 0 Å².